The van der Waals surface area contributed by atoms with Crippen LogP contribution in [-0.2, 0) is 4.79 Å². The Kier molecular flexibility index (Phi) is 4.78. The molecule has 1 amide bonds. The number of anilines is 1. The van der Waals surface area contributed by atoms with Gasteiger partial charge in [-0.2, -0.15) is 0 Å². The molecule has 0 saturated carbocycles. The van der Waals surface area contributed by atoms with E-state index in [4.69, 9.17) is 10.8 Å². The van der Waals surface area contributed by atoms with Gasteiger partial charge in [0.25, 0.3) is 0 Å². The van der Waals surface area contributed by atoms with Gasteiger partial charge >= 0.3 is 5.97 Å². The van der Waals surface area contributed by atoms with Crippen molar-refractivity contribution in [3.8, 4) is 0 Å². The second-order valence-corrected chi connectivity index (χ2v) is 4.74. The molecule has 0 bridgehead atoms. The molecular formula is C13H16F2N2O3. The number of nitrogens with one attached hydrogen (secondary N) is 1. The van der Waals surface area contributed by atoms with E-state index in [1.165, 1.54) is 6.92 Å². The maximum atomic E-state index is 13.5. The van der Waals surface area contributed by atoms with Crippen molar-refractivity contribution in [3.05, 3.63) is 29.3 Å². The highest BCUT2D eigenvalue weighted by atomic mass is 19.1. The topological polar surface area (TPSA) is 92.4 Å². The number of hydrogen-bond donors (Lipinski definition) is 3. The average Bonchev–Trinajstić information content (AvgIpc) is 2.31. The van der Waals surface area contributed by atoms with Gasteiger partial charge in [0, 0.05) is 6.07 Å². The van der Waals surface area contributed by atoms with Crippen molar-refractivity contribution in [1.29, 1.82) is 0 Å². The van der Waals surface area contributed by atoms with Crippen molar-refractivity contribution in [3.63, 3.8) is 0 Å². The first-order valence-electron chi connectivity index (χ1n) is 6.01. The van der Waals surface area contributed by atoms with Crippen LogP contribution in [0.4, 0.5) is 14.5 Å². The van der Waals surface area contributed by atoms with Gasteiger partial charge in [-0.1, -0.05) is 13.3 Å². The van der Waals surface area contributed by atoms with E-state index < -0.39 is 40.3 Å². The first kappa shape index (κ1) is 16.0. The summed E-state index contributed by atoms with van der Waals surface area (Å²) < 4.78 is 26.8. The van der Waals surface area contributed by atoms with Crippen LogP contribution in [0.2, 0.25) is 0 Å². The Labute approximate surface area is 114 Å². The highest BCUT2D eigenvalue weighted by molar-refractivity contribution is 5.99. The second-order valence-electron chi connectivity index (χ2n) is 4.74. The third-order valence-electron chi connectivity index (χ3n) is 2.82. The lowest BCUT2D eigenvalue weighted by Crippen LogP contribution is -2.48. The molecule has 0 aromatic heterocycles. The average molecular weight is 286 g/mol. The Hall–Kier alpha value is -2.02. The van der Waals surface area contributed by atoms with Gasteiger partial charge in [-0.25, -0.2) is 13.6 Å². The summed E-state index contributed by atoms with van der Waals surface area (Å²) >= 11 is 0. The lowest BCUT2D eigenvalue weighted by atomic mass is 9.96. The summed E-state index contributed by atoms with van der Waals surface area (Å²) in [6, 6.07) is 1.14. The minimum atomic E-state index is -1.55. The summed E-state index contributed by atoms with van der Waals surface area (Å²) in [6.07, 6.45) is 1.01. The minimum absolute atomic E-state index is 0.368. The zero-order chi connectivity index (χ0) is 15.5. The quantitative estimate of drug-likeness (QED) is 0.773. The lowest BCUT2D eigenvalue weighted by Gasteiger charge is -2.23. The van der Waals surface area contributed by atoms with Crippen molar-refractivity contribution >= 4 is 17.6 Å². The number of aromatic carboxylic acids is 1. The van der Waals surface area contributed by atoms with Gasteiger partial charge in [0.05, 0.1) is 16.8 Å². The van der Waals surface area contributed by atoms with Crippen LogP contribution in [0.5, 0.6) is 0 Å². The van der Waals surface area contributed by atoms with Gasteiger partial charge in [-0.3, -0.25) is 4.79 Å². The Morgan fingerprint density at radius 1 is 1.35 bits per heavy atom. The first-order valence-corrected chi connectivity index (χ1v) is 6.01. The molecular weight excluding hydrogens is 270 g/mol. The zero-order valence-electron chi connectivity index (χ0n) is 11.2. The second kappa shape index (κ2) is 5.96. The number of carbonyl (C=O) groups excluding carboxylic acids is 1. The fourth-order valence-corrected chi connectivity index (χ4v) is 1.71. The van der Waals surface area contributed by atoms with Crippen molar-refractivity contribution in [1.82, 2.24) is 0 Å². The number of carboxylic acid groups (broad SMARTS) is 1. The molecule has 0 aliphatic rings. The van der Waals surface area contributed by atoms with E-state index in [2.05, 4.69) is 5.32 Å². The Balaban J connectivity index is 3.07. The van der Waals surface area contributed by atoms with Crippen LogP contribution in [0.3, 0.4) is 0 Å². The number of carboxylic acids is 1. The predicted molar refractivity (Wildman–Crippen MR) is 69.4 cm³/mol. The Bertz CT molecular complexity index is 545. The number of rotatable bonds is 5. The van der Waals surface area contributed by atoms with Gasteiger partial charge in [0.2, 0.25) is 5.91 Å². The molecule has 0 heterocycles. The molecule has 1 unspecified atom stereocenters. The number of amides is 1. The summed E-state index contributed by atoms with van der Waals surface area (Å²) in [5.74, 6) is -4.49. The van der Waals surface area contributed by atoms with Crippen molar-refractivity contribution in [2.75, 3.05) is 5.32 Å². The van der Waals surface area contributed by atoms with Gasteiger partial charge in [-0.05, 0) is 19.4 Å². The molecule has 110 valence electrons. The van der Waals surface area contributed by atoms with Crippen LogP contribution in [-0.4, -0.2) is 22.5 Å². The van der Waals surface area contributed by atoms with E-state index in [-0.39, 0.29) is 0 Å². The summed E-state index contributed by atoms with van der Waals surface area (Å²) in [5, 5.41) is 10.9. The molecule has 1 aromatic rings. The van der Waals surface area contributed by atoms with E-state index >= 15 is 0 Å². The van der Waals surface area contributed by atoms with Gasteiger partial charge in [0.15, 0.2) is 0 Å². The molecule has 5 nitrogen and oxygen atoms in total. The normalized spacial score (nSPS) is 13.7. The molecule has 1 rings (SSSR count). The van der Waals surface area contributed by atoms with Gasteiger partial charge in [0.1, 0.15) is 11.6 Å². The molecule has 1 aromatic carbocycles. The standard InChI is InChI=1S/C13H16F2N2O3/c1-3-4-13(2,16)12(20)17-10-5-7(11(18)19)8(14)6-9(10)15/h5-6H,3-4,16H2,1-2H3,(H,17,20)(H,18,19). The van der Waals surface area contributed by atoms with Crippen molar-refractivity contribution < 1.29 is 23.5 Å². The smallest absolute Gasteiger partial charge is 0.338 e. The van der Waals surface area contributed by atoms with Crippen LogP contribution >= 0.6 is 0 Å². The molecule has 0 aliphatic carbocycles. The largest absolute Gasteiger partial charge is 0.478 e. The fourth-order valence-electron chi connectivity index (χ4n) is 1.71. The molecule has 0 spiro atoms. The SMILES string of the molecule is CCCC(C)(N)C(=O)Nc1cc(C(=O)O)c(F)cc1F. The van der Waals surface area contributed by atoms with Crippen LogP contribution in [0.1, 0.15) is 37.0 Å². The summed E-state index contributed by atoms with van der Waals surface area (Å²) in [5.41, 5.74) is 3.41. The minimum Gasteiger partial charge on any atom is -0.478 e. The van der Waals surface area contributed by atoms with Gasteiger partial charge < -0.3 is 16.2 Å². The van der Waals surface area contributed by atoms with Crippen LogP contribution in [0, 0.1) is 11.6 Å². The molecule has 20 heavy (non-hydrogen) atoms. The highest BCUT2D eigenvalue weighted by Crippen LogP contribution is 2.21. The van der Waals surface area contributed by atoms with Crippen molar-refractivity contribution in [2.24, 2.45) is 5.73 Å². The van der Waals surface area contributed by atoms with E-state index in [1.807, 2.05) is 6.92 Å². The predicted octanol–water partition coefficient (Wildman–Crippen LogP) is 2.12. The molecule has 0 radical (unpaired) electrons. The van der Waals surface area contributed by atoms with E-state index in [0.29, 0.717) is 18.9 Å². The maximum Gasteiger partial charge on any atom is 0.338 e. The Morgan fingerprint density at radius 2 is 1.95 bits per heavy atom. The molecule has 7 heteroatoms. The number of hydrogen-bond acceptors (Lipinski definition) is 3. The lowest BCUT2D eigenvalue weighted by molar-refractivity contribution is -0.120. The summed E-state index contributed by atoms with van der Waals surface area (Å²) in [6.45, 7) is 3.31. The highest BCUT2D eigenvalue weighted by Gasteiger charge is 2.28. The van der Waals surface area contributed by atoms with E-state index in [1.54, 1.807) is 0 Å². The third kappa shape index (κ3) is 3.51. The monoisotopic (exact) mass is 286 g/mol. The molecule has 1 atom stereocenters. The van der Waals surface area contributed by atoms with E-state index in [9.17, 15) is 18.4 Å². The Morgan fingerprint density at radius 3 is 2.45 bits per heavy atom. The van der Waals surface area contributed by atoms with E-state index in [0.717, 1.165) is 6.07 Å². The number of benzene rings is 1. The first-order chi connectivity index (χ1) is 9.19. The van der Waals surface area contributed by atoms with Crippen molar-refractivity contribution in [2.45, 2.75) is 32.2 Å². The van der Waals surface area contributed by atoms with Crippen LogP contribution < -0.4 is 11.1 Å². The summed E-state index contributed by atoms with van der Waals surface area (Å²) in [4.78, 5) is 22.7. The number of halogens is 2. The summed E-state index contributed by atoms with van der Waals surface area (Å²) in [7, 11) is 0. The maximum absolute atomic E-state index is 13.5. The molecule has 0 saturated heterocycles. The van der Waals surface area contributed by atoms with Crippen LogP contribution in [0.25, 0.3) is 0 Å². The molecule has 4 N–H and O–H groups in total. The fraction of sp³-hybridized carbons (Fsp3) is 0.385. The third-order valence-corrected chi connectivity index (χ3v) is 2.82. The van der Waals surface area contributed by atoms with Gasteiger partial charge in [-0.15, -0.1) is 0 Å². The molecule has 0 aliphatic heterocycles. The van der Waals surface area contributed by atoms with Crippen LogP contribution in [0.15, 0.2) is 12.1 Å². The zero-order valence-corrected chi connectivity index (χ0v) is 11.2. The molecule has 0 fully saturated rings. The number of carbonyl (C=O) groups is 2. The number of nitrogens with two attached hydrogens (primary N) is 1.